The van der Waals surface area contributed by atoms with Gasteiger partial charge in [0, 0.05) is 23.7 Å². The fourth-order valence-electron chi connectivity index (χ4n) is 3.41. The van der Waals surface area contributed by atoms with Gasteiger partial charge in [0.2, 0.25) is 0 Å². The molecule has 3 heterocycles. The number of benzene rings is 1. The van der Waals surface area contributed by atoms with E-state index in [4.69, 9.17) is 13.7 Å². The molecule has 1 N–H and O–H groups in total. The Labute approximate surface area is 174 Å². The molecule has 0 aliphatic carbocycles. The number of methoxy groups -OCH3 is 1. The van der Waals surface area contributed by atoms with Crippen LogP contribution in [-0.4, -0.2) is 29.2 Å². The lowest BCUT2D eigenvalue weighted by molar-refractivity contribution is 0.0939. The Kier molecular flexibility index (Phi) is 5.52. The van der Waals surface area contributed by atoms with E-state index in [-0.39, 0.29) is 11.9 Å². The van der Waals surface area contributed by atoms with E-state index in [0.717, 1.165) is 24.2 Å². The van der Waals surface area contributed by atoms with Crippen LogP contribution < -0.4 is 10.1 Å². The second-order valence-electron chi connectivity index (χ2n) is 7.25. The zero-order valence-electron chi connectivity index (χ0n) is 17.1. The molecule has 0 saturated heterocycles. The summed E-state index contributed by atoms with van der Waals surface area (Å²) in [7, 11) is 1.61. The van der Waals surface area contributed by atoms with Crippen molar-refractivity contribution >= 4 is 17.0 Å². The third-order valence-electron chi connectivity index (χ3n) is 4.94. The largest absolute Gasteiger partial charge is 0.497 e. The highest BCUT2D eigenvalue weighted by Gasteiger charge is 2.22. The van der Waals surface area contributed by atoms with Crippen molar-refractivity contribution in [2.45, 2.75) is 32.7 Å². The number of nitrogens with one attached hydrogen (secondary N) is 1. The molecule has 4 aromatic rings. The number of aromatic nitrogens is 2. The number of pyridine rings is 1. The first-order chi connectivity index (χ1) is 14.5. The Morgan fingerprint density at radius 2 is 2.10 bits per heavy atom. The van der Waals surface area contributed by atoms with Crippen molar-refractivity contribution in [3.63, 3.8) is 0 Å². The van der Waals surface area contributed by atoms with Gasteiger partial charge in [0.25, 0.3) is 11.6 Å². The van der Waals surface area contributed by atoms with Gasteiger partial charge >= 0.3 is 0 Å². The highest BCUT2D eigenvalue weighted by atomic mass is 16.5. The molecular weight excluding hydrogens is 382 g/mol. The lowest BCUT2D eigenvalue weighted by atomic mass is 10.0. The van der Waals surface area contributed by atoms with Gasteiger partial charge in [0.1, 0.15) is 17.2 Å². The summed E-state index contributed by atoms with van der Waals surface area (Å²) in [5, 5.41) is 7.84. The van der Waals surface area contributed by atoms with Gasteiger partial charge in [-0.1, -0.05) is 17.3 Å². The molecule has 0 bridgehead atoms. The molecule has 30 heavy (non-hydrogen) atoms. The molecule has 7 nitrogen and oxygen atoms in total. The van der Waals surface area contributed by atoms with E-state index in [9.17, 15) is 4.79 Å². The maximum atomic E-state index is 13.1. The molecule has 154 valence electrons. The van der Waals surface area contributed by atoms with Crippen molar-refractivity contribution in [3.8, 4) is 17.0 Å². The van der Waals surface area contributed by atoms with Crippen molar-refractivity contribution in [3.05, 3.63) is 65.7 Å². The third-order valence-corrected chi connectivity index (χ3v) is 4.94. The fourth-order valence-corrected chi connectivity index (χ4v) is 3.41. The lowest BCUT2D eigenvalue weighted by Gasteiger charge is -2.14. The van der Waals surface area contributed by atoms with Crippen LogP contribution in [0.2, 0.25) is 0 Å². The summed E-state index contributed by atoms with van der Waals surface area (Å²) in [6.45, 7) is 3.80. The predicted octanol–water partition coefficient (Wildman–Crippen LogP) is 4.55. The first-order valence-corrected chi connectivity index (χ1v) is 9.80. The number of amides is 1. The molecule has 0 unspecified atom stereocenters. The minimum atomic E-state index is -0.190. The van der Waals surface area contributed by atoms with Gasteiger partial charge < -0.3 is 19.0 Å². The molecule has 4 rings (SSSR count). The summed E-state index contributed by atoms with van der Waals surface area (Å²) in [5.74, 6) is 1.41. The normalized spacial score (nSPS) is 12.1. The molecule has 3 aromatic heterocycles. The van der Waals surface area contributed by atoms with Gasteiger partial charge in [-0.15, -0.1) is 0 Å². The van der Waals surface area contributed by atoms with Gasteiger partial charge in [-0.05, 0) is 50.6 Å². The Bertz CT molecular complexity index is 1160. The van der Waals surface area contributed by atoms with Crippen molar-refractivity contribution in [1.82, 2.24) is 15.5 Å². The number of furan rings is 1. The zero-order valence-corrected chi connectivity index (χ0v) is 17.1. The van der Waals surface area contributed by atoms with E-state index in [0.29, 0.717) is 33.8 Å². The second-order valence-corrected chi connectivity index (χ2v) is 7.25. The molecule has 0 aliphatic heterocycles. The number of aryl methyl sites for hydroxylation is 2. The van der Waals surface area contributed by atoms with Crippen LogP contribution in [0.4, 0.5) is 0 Å². The summed E-state index contributed by atoms with van der Waals surface area (Å²) in [4.78, 5) is 17.5. The van der Waals surface area contributed by atoms with Gasteiger partial charge in [-0.3, -0.25) is 4.79 Å². The first kappa shape index (κ1) is 19.7. The van der Waals surface area contributed by atoms with E-state index in [1.807, 2.05) is 50.2 Å². The van der Waals surface area contributed by atoms with E-state index in [1.54, 1.807) is 19.4 Å². The highest BCUT2D eigenvalue weighted by molar-refractivity contribution is 6.09. The minimum absolute atomic E-state index is 0.0359. The van der Waals surface area contributed by atoms with Crippen LogP contribution in [0.3, 0.4) is 0 Å². The molecule has 0 spiro atoms. The van der Waals surface area contributed by atoms with Crippen LogP contribution in [0.1, 0.15) is 35.2 Å². The minimum Gasteiger partial charge on any atom is -0.497 e. The Morgan fingerprint density at radius 1 is 1.23 bits per heavy atom. The molecule has 1 atom stereocenters. The first-order valence-electron chi connectivity index (χ1n) is 9.80. The molecule has 7 heteroatoms. The second kappa shape index (κ2) is 8.41. The molecule has 1 amide bonds. The molecule has 0 saturated carbocycles. The number of fused-ring (bicyclic) bond motifs is 1. The summed E-state index contributed by atoms with van der Waals surface area (Å²) in [6.07, 6.45) is 3.17. The van der Waals surface area contributed by atoms with Gasteiger partial charge in [-0.2, -0.15) is 0 Å². The average molecular weight is 405 g/mol. The van der Waals surface area contributed by atoms with Crippen molar-refractivity contribution in [1.29, 1.82) is 0 Å². The smallest absolute Gasteiger partial charge is 0.259 e. The number of carbonyl (C=O) groups excluding carboxylic acids is 1. The maximum Gasteiger partial charge on any atom is 0.259 e. The summed E-state index contributed by atoms with van der Waals surface area (Å²) >= 11 is 0. The molecular formula is C23H23N3O4. The molecule has 0 fully saturated rings. The van der Waals surface area contributed by atoms with Gasteiger partial charge in [-0.25, -0.2) is 4.98 Å². The third kappa shape index (κ3) is 4.05. The van der Waals surface area contributed by atoms with Crippen LogP contribution in [0.5, 0.6) is 5.75 Å². The van der Waals surface area contributed by atoms with E-state index in [1.165, 1.54) is 0 Å². The topological polar surface area (TPSA) is 90.4 Å². The SMILES string of the molecule is COc1cccc(-c2noc3nc(C)cc(C(=O)N[C@@H](C)CCc4ccco4)c23)c1. The molecule has 0 radical (unpaired) electrons. The van der Waals surface area contributed by atoms with Crippen molar-refractivity contribution in [2.24, 2.45) is 0 Å². The average Bonchev–Trinajstić information content (AvgIpc) is 3.41. The number of ether oxygens (including phenoxy) is 1. The van der Waals surface area contributed by atoms with Crippen molar-refractivity contribution < 1.29 is 18.5 Å². The lowest BCUT2D eigenvalue weighted by Crippen LogP contribution is -2.33. The maximum absolute atomic E-state index is 13.1. The summed E-state index contributed by atoms with van der Waals surface area (Å²) in [5.41, 5.74) is 2.86. The zero-order chi connectivity index (χ0) is 21.1. The van der Waals surface area contributed by atoms with Crippen molar-refractivity contribution in [2.75, 3.05) is 7.11 Å². The number of carbonyl (C=O) groups is 1. The monoisotopic (exact) mass is 405 g/mol. The highest BCUT2D eigenvalue weighted by Crippen LogP contribution is 2.32. The fraction of sp³-hybridized carbons (Fsp3) is 0.261. The number of nitrogens with zero attached hydrogens (tertiary/aromatic N) is 2. The van der Waals surface area contributed by atoms with Crippen LogP contribution in [0.15, 0.2) is 57.7 Å². The summed E-state index contributed by atoms with van der Waals surface area (Å²) in [6, 6.07) is 13.0. The number of hydrogen-bond acceptors (Lipinski definition) is 6. The predicted molar refractivity (Wildman–Crippen MR) is 112 cm³/mol. The summed E-state index contributed by atoms with van der Waals surface area (Å²) < 4.78 is 16.1. The number of hydrogen-bond donors (Lipinski definition) is 1. The van der Waals surface area contributed by atoms with Crippen LogP contribution in [0, 0.1) is 6.92 Å². The van der Waals surface area contributed by atoms with Gasteiger partial charge in [0.15, 0.2) is 0 Å². The Hall–Kier alpha value is -3.61. The van der Waals surface area contributed by atoms with Gasteiger partial charge in [0.05, 0.1) is 24.3 Å². The molecule has 1 aromatic carbocycles. The Morgan fingerprint density at radius 3 is 2.87 bits per heavy atom. The quantitative estimate of drug-likeness (QED) is 0.485. The standard InChI is InChI=1S/C23H23N3O4/c1-14(9-10-17-8-5-11-29-17)24-22(27)19-12-15(2)25-23-20(19)21(26-30-23)16-6-4-7-18(13-16)28-3/h4-8,11-14H,9-10H2,1-3H3,(H,24,27)/t14-/m0/s1. The van der Waals surface area contributed by atoms with Crippen LogP contribution in [-0.2, 0) is 6.42 Å². The Balaban J connectivity index is 1.64. The number of rotatable bonds is 7. The van der Waals surface area contributed by atoms with E-state index in [2.05, 4.69) is 15.5 Å². The van der Waals surface area contributed by atoms with Crippen LogP contribution >= 0.6 is 0 Å². The van der Waals surface area contributed by atoms with Crippen LogP contribution in [0.25, 0.3) is 22.4 Å². The van der Waals surface area contributed by atoms with E-state index < -0.39 is 0 Å². The van der Waals surface area contributed by atoms with E-state index >= 15 is 0 Å². The molecule has 0 aliphatic rings.